The molecular formula is C13H16ClFN2O2. The van der Waals surface area contributed by atoms with E-state index in [-0.39, 0.29) is 23.4 Å². The Morgan fingerprint density at radius 1 is 1.58 bits per heavy atom. The average molecular weight is 287 g/mol. The number of nitrogens with zero attached hydrogens (tertiary/aromatic N) is 2. The first-order chi connectivity index (χ1) is 9.08. The zero-order valence-electron chi connectivity index (χ0n) is 10.7. The largest absolute Gasteiger partial charge is 0.481 e. The number of hydrogen-bond donors (Lipinski definition) is 0. The van der Waals surface area contributed by atoms with Crippen molar-refractivity contribution in [1.29, 1.82) is 0 Å². The molecule has 0 bridgehead atoms. The molecule has 1 amide bonds. The summed E-state index contributed by atoms with van der Waals surface area (Å²) in [4.78, 5) is 17.2. The molecule has 0 saturated carbocycles. The minimum atomic E-state index is -0.732. The highest BCUT2D eigenvalue weighted by Gasteiger charge is 2.21. The summed E-state index contributed by atoms with van der Waals surface area (Å²) in [5.74, 6) is -0.247. The predicted molar refractivity (Wildman–Crippen MR) is 69.7 cm³/mol. The van der Waals surface area contributed by atoms with Crippen LogP contribution in [-0.2, 0) is 4.79 Å². The Hall–Kier alpha value is -1.36. The molecule has 0 atom stereocenters. The molecule has 0 radical (unpaired) electrons. The maximum atomic E-state index is 13.5. The smallest absolute Gasteiger partial charge is 0.260 e. The van der Waals surface area contributed by atoms with E-state index in [4.69, 9.17) is 16.3 Å². The Morgan fingerprint density at radius 2 is 2.26 bits per heavy atom. The van der Waals surface area contributed by atoms with Crippen LogP contribution < -0.4 is 4.74 Å². The highest BCUT2D eigenvalue weighted by atomic mass is 35.5. The van der Waals surface area contributed by atoms with Crippen molar-refractivity contribution < 1.29 is 13.9 Å². The van der Waals surface area contributed by atoms with E-state index in [0.29, 0.717) is 5.92 Å². The summed E-state index contributed by atoms with van der Waals surface area (Å²) >= 11 is 5.53. The third kappa shape index (κ3) is 3.56. The van der Waals surface area contributed by atoms with Gasteiger partial charge < -0.3 is 9.64 Å². The van der Waals surface area contributed by atoms with Crippen LogP contribution in [0.2, 0.25) is 5.15 Å². The van der Waals surface area contributed by atoms with Crippen molar-refractivity contribution in [2.45, 2.75) is 19.8 Å². The number of carbonyl (C=O) groups excluding carboxylic acids is 1. The SMILES string of the molecule is CC1CCN(C(=O)COc2ccnc(Cl)c2F)CC1. The van der Waals surface area contributed by atoms with E-state index in [9.17, 15) is 9.18 Å². The lowest BCUT2D eigenvalue weighted by molar-refractivity contribution is -0.134. The molecule has 1 aliphatic heterocycles. The number of piperidine rings is 1. The molecule has 1 fully saturated rings. The second kappa shape index (κ2) is 6.19. The molecule has 1 saturated heterocycles. The second-order valence-corrected chi connectivity index (χ2v) is 5.12. The molecule has 4 nitrogen and oxygen atoms in total. The standard InChI is InChI=1S/C13H16ClFN2O2/c1-9-3-6-17(7-4-9)11(18)8-19-10-2-5-16-13(14)12(10)15/h2,5,9H,3-4,6-8H2,1H3. The van der Waals surface area contributed by atoms with Gasteiger partial charge in [-0.25, -0.2) is 4.98 Å². The number of amides is 1. The molecule has 104 valence electrons. The zero-order chi connectivity index (χ0) is 13.8. The first-order valence-corrected chi connectivity index (χ1v) is 6.66. The lowest BCUT2D eigenvalue weighted by atomic mass is 9.99. The van der Waals surface area contributed by atoms with Crippen molar-refractivity contribution >= 4 is 17.5 Å². The molecule has 0 N–H and O–H groups in total. The number of likely N-dealkylation sites (tertiary alicyclic amines) is 1. The summed E-state index contributed by atoms with van der Waals surface area (Å²) in [6.07, 6.45) is 3.34. The van der Waals surface area contributed by atoms with Gasteiger partial charge in [0.25, 0.3) is 5.91 Å². The average Bonchev–Trinajstić information content (AvgIpc) is 2.41. The van der Waals surface area contributed by atoms with Gasteiger partial charge in [0.1, 0.15) is 0 Å². The van der Waals surface area contributed by atoms with Crippen molar-refractivity contribution in [3.8, 4) is 5.75 Å². The van der Waals surface area contributed by atoms with Crippen LogP contribution in [0.1, 0.15) is 19.8 Å². The number of carbonyl (C=O) groups is 1. The van der Waals surface area contributed by atoms with Gasteiger partial charge in [-0.05, 0) is 18.8 Å². The van der Waals surface area contributed by atoms with E-state index >= 15 is 0 Å². The lowest BCUT2D eigenvalue weighted by Crippen LogP contribution is -2.40. The van der Waals surface area contributed by atoms with Crippen LogP contribution in [0.3, 0.4) is 0 Å². The Balaban J connectivity index is 1.88. The van der Waals surface area contributed by atoms with Gasteiger partial charge in [-0.3, -0.25) is 4.79 Å². The van der Waals surface area contributed by atoms with E-state index in [1.165, 1.54) is 12.3 Å². The highest BCUT2D eigenvalue weighted by molar-refractivity contribution is 6.29. The highest BCUT2D eigenvalue weighted by Crippen LogP contribution is 2.22. The minimum Gasteiger partial charge on any atom is -0.481 e. The molecule has 1 aromatic heterocycles. The maximum Gasteiger partial charge on any atom is 0.260 e. The third-order valence-corrected chi connectivity index (χ3v) is 3.56. The summed E-state index contributed by atoms with van der Waals surface area (Å²) in [7, 11) is 0. The fourth-order valence-electron chi connectivity index (χ4n) is 2.00. The van der Waals surface area contributed by atoms with Gasteiger partial charge in [0.05, 0.1) is 0 Å². The van der Waals surface area contributed by atoms with Gasteiger partial charge in [-0.2, -0.15) is 4.39 Å². The van der Waals surface area contributed by atoms with E-state index in [1.807, 2.05) is 0 Å². The number of aromatic nitrogens is 1. The monoisotopic (exact) mass is 286 g/mol. The van der Waals surface area contributed by atoms with E-state index in [0.717, 1.165) is 25.9 Å². The van der Waals surface area contributed by atoms with Crippen LogP contribution >= 0.6 is 11.6 Å². The van der Waals surface area contributed by atoms with Crippen molar-refractivity contribution in [3.63, 3.8) is 0 Å². The minimum absolute atomic E-state index is 0.0428. The molecule has 1 aromatic rings. The van der Waals surface area contributed by atoms with Crippen LogP contribution in [0.4, 0.5) is 4.39 Å². The molecular weight excluding hydrogens is 271 g/mol. The van der Waals surface area contributed by atoms with Crippen LogP contribution in [0.25, 0.3) is 0 Å². The molecule has 0 unspecified atom stereocenters. The van der Waals surface area contributed by atoms with Crippen molar-refractivity contribution in [3.05, 3.63) is 23.2 Å². The number of rotatable bonds is 3. The molecule has 2 rings (SSSR count). The van der Waals surface area contributed by atoms with E-state index in [2.05, 4.69) is 11.9 Å². The molecule has 0 aliphatic carbocycles. The number of pyridine rings is 1. The Morgan fingerprint density at radius 3 is 2.95 bits per heavy atom. The molecule has 1 aliphatic rings. The number of halogens is 2. The molecule has 19 heavy (non-hydrogen) atoms. The van der Waals surface area contributed by atoms with Gasteiger partial charge in [0.15, 0.2) is 17.5 Å². The molecule has 0 spiro atoms. The van der Waals surface area contributed by atoms with Gasteiger partial charge in [-0.1, -0.05) is 18.5 Å². The molecule has 2 heterocycles. The van der Waals surface area contributed by atoms with Crippen molar-refractivity contribution in [1.82, 2.24) is 9.88 Å². The Kier molecular flexibility index (Phi) is 4.58. The van der Waals surface area contributed by atoms with E-state index < -0.39 is 5.82 Å². The second-order valence-electron chi connectivity index (χ2n) is 4.77. The van der Waals surface area contributed by atoms with Crippen LogP contribution in [0.5, 0.6) is 5.75 Å². The van der Waals surface area contributed by atoms with Crippen LogP contribution in [-0.4, -0.2) is 35.5 Å². The van der Waals surface area contributed by atoms with Gasteiger partial charge in [0, 0.05) is 25.4 Å². The molecule has 6 heteroatoms. The lowest BCUT2D eigenvalue weighted by Gasteiger charge is -2.30. The third-order valence-electron chi connectivity index (χ3n) is 3.30. The fraction of sp³-hybridized carbons (Fsp3) is 0.538. The van der Waals surface area contributed by atoms with Crippen LogP contribution in [0, 0.1) is 11.7 Å². The first-order valence-electron chi connectivity index (χ1n) is 6.28. The zero-order valence-corrected chi connectivity index (χ0v) is 11.5. The van der Waals surface area contributed by atoms with Crippen molar-refractivity contribution in [2.24, 2.45) is 5.92 Å². The van der Waals surface area contributed by atoms with Crippen LogP contribution in [0.15, 0.2) is 12.3 Å². The predicted octanol–water partition coefficient (Wildman–Crippen LogP) is 2.51. The Labute approximate surface area is 116 Å². The van der Waals surface area contributed by atoms with E-state index in [1.54, 1.807) is 4.90 Å². The summed E-state index contributed by atoms with van der Waals surface area (Å²) < 4.78 is 18.7. The molecule has 0 aromatic carbocycles. The quantitative estimate of drug-likeness (QED) is 0.802. The first kappa shape index (κ1) is 14.1. The number of hydrogen-bond acceptors (Lipinski definition) is 3. The summed E-state index contributed by atoms with van der Waals surface area (Å²) in [5.41, 5.74) is 0. The van der Waals surface area contributed by atoms with Gasteiger partial charge in [0.2, 0.25) is 5.82 Å². The van der Waals surface area contributed by atoms with Crippen molar-refractivity contribution in [2.75, 3.05) is 19.7 Å². The Bertz CT molecular complexity index is 462. The topological polar surface area (TPSA) is 42.4 Å². The summed E-state index contributed by atoms with van der Waals surface area (Å²) in [6, 6.07) is 1.35. The number of ether oxygens (including phenoxy) is 1. The maximum absolute atomic E-state index is 13.5. The normalized spacial score (nSPS) is 16.5. The fourth-order valence-corrected chi connectivity index (χ4v) is 2.15. The summed E-state index contributed by atoms with van der Waals surface area (Å²) in [6.45, 7) is 3.48. The van der Waals surface area contributed by atoms with Gasteiger partial charge >= 0.3 is 0 Å². The van der Waals surface area contributed by atoms with Gasteiger partial charge in [-0.15, -0.1) is 0 Å². The summed E-state index contributed by atoms with van der Waals surface area (Å²) in [5, 5.41) is -0.253.